The maximum Gasteiger partial charge on any atom is 0.152 e. The quantitative estimate of drug-likeness (QED) is 0.786. The second-order valence-electron chi connectivity index (χ2n) is 3.83. The molecule has 14 heavy (non-hydrogen) atoms. The molecule has 0 aliphatic carbocycles. The number of hydrogen-bond donors (Lipinski definition) is 1. The van der Waals surface area contributed by atoms with Crippen molar-refractivity contribution in [1.29, 1.82) is 0 Å². The lowest BCUT2D eigenvalue weighted by Crippen LogP contribution is -2.52. The molecule has 0 atom stereocenters. The van der Waals surface area contributed by atoms with Gasteiger partial charge in [-0.25, -0.2) is 8.42 Å². The van der Waals surface area contributed by atoms with Crippen LogP contribution in [-0.4, -0.2) is 26.5 Å². The molecule has 2 rings (SSSR count). The van der Waals surface area contributed by atoms with Crippen molar-refractivity contribution in [3.05, 3.63) is 24.2 Å². The summed E-state index contributed by atoms with van der Waals surface area (Å²) < 4.78 is 27.6. The molecule has 1 aliphatic rings. The second kappa shape index (κ2) is 3.10. The van der Waals surface area contributed by atoms with E-state index in [0.29, 0.717) is 13.0 Å². The summed E-state index contributed by atoms with van der Waals surface area (Å²) >= 11 is 0. The molecule has 0 amide bonds. The lowest BCUT2D eigenvalue weighted by atomic mass is 9.85. The van der Waals surface area contributed by atoms with E-state index >= 15 is 0 Å². The molecule has 1 aromatic rings. The first-order chi connectivity index (χ1) is 6.58. The first-order valence-corrected chi connectivity index (χ1v) is 6.35. The second-order valence-corrected chi connectivity index (χ2v) is 5.89. The third-order valence-corrected chi connectivity index (χ3v) is 4.64. The predicted molar refractivity (Wildman–Crippen MR) is 52.7 cm³/mol. The molecule has 78 valence electrons. The van der Waals surface area contributed by atoms with E-state index in [1.807, 2.05) is 6.07 Å². The highest BCUT2D eigenvalue weighted by Gasteiger charge is 2.50. The first kappa shape index (κ1) is 9.73. The zero-order valence-electron chi connectivity index (χ0n) is 7.77. The molecule has 0 saturated carbocycles. The molecular weight excluding hydrogens is 202 g/mol. The summed E-state index contributed by atoms with van der Waals surface area (Å²) in [7, 11) is -2.85. The molecular formula is C9H13NO3S. The van der Waals surface area contributed by atoms with Crippen molar-refractivity contribution in [2.45, 2.75) is 11.8 Å². The van der Waals surface area contributed by atoms with Crippen LogP contribution in [0.2, 0.25) is 0 Å². The fraction of sp³-hybridized carbons (Fsp3) is 0.556. The number of hydrogen-bond acceptors (Lipinski definition) is 4. The SMILES string of the molecule is NCCC1(c2ccco2)CS(=O)(=O)C1. The highest BCUT2D eigenvalue weighted by Crippen LogP contribution is 2.39. The van der Waals surface area contributed by atoms with Crippen LogP contribution < -0.4 is 5.73 Å². The van der Waals surface area contributed by atoms with Crippen LogP contribution in [0.25, 0.3) is 0 Å². The zero-order valence-corrected chi connectivity index (χ0v) is 8.59. The predicted octanol–water partition coefficient (Wildman–Crippen LogP) is 0.295. The van der Waals surface area contributed by atoms with Crippen LogP contribution in [0.5, 0.6) is 0 Å². The van der Waals surface area contributed by atoms with Gasteiger partial charge in [0, 0.05) is 0 Å². The van der Waals surface area contributed by atoms with E-state index in [9.17, 15) is 8.42 Å². The molecule has 0 unspecified atom stereocenters. The molecule has 1 saturated heterocycles. The molecule has 1 fully saturated rings. The summed E-state index contributed by atoms with van der Waals surface area (Å²) in [6, 6.07) is 3.60. The van der Waals surface area contributed by atoms with Crippen molar-refractivity contribution in [3.8, 4) is 0 Å². The fourth-order valence-electron chi connectivity index (χ4n) is 2.07. The summed E-state index contributed by atoms with van der Waals surface area (Å²) in [4.78, 5) is 0. The lowest BCUT2D eigenvalue weighted by molar-refractivity contribution is 0.345. The lowest BCUT2D eigenvalue weighted by Gasteiger charge is -2.39. The zero-order chi connectivity index (χ0) is 10.2. The molecule has 1 aliphatic heterocycles. The van der Waals surface area contributed by atoms with Crippen LogP contribution in [0.1, 0.15) is 12.2 Å². The molecule has 0 radical (unpaired) electrons. The maximum absolute atomic E-state index is 11.2. The Morgan fingerprint density at radius 3 is 2.64 bits per heavy atom. The van der Waals surface area contributed by atoms with Crippen molar-refractivity contribution < 1.29 is 12.8 Å². The minimum atomic E-state index is -2.85. The van der Waals surface area contributed by atoms with Crippen molar-refractivity contribution in [2.75, 3.05) is 18.1 Å². The third-order valence-electron chi connectivity index (χ3n) is 2.66. The van der Waals surface area contributed by atoms with E-state index in [4.69, 9.17) is 10.2 Å². The Morgan fingerprint density at radius 2 is 2.21 bits per heavy atom. The van der Waals surface area contributed by atoms with Gasteiger partial charge in [0.1, 0.15) is 5.76 Å². The number of rotatable bonds is 3. The summed E-state index contributed by atoms with van der Waals surface area (Å²) in [5.74, 6) is 1.09. The third kappa shape index (κ3) is 1.46. The normalized spacial score (nSPS) is 22.9. The van der Waals surface area contributed by atoms with Crippen molar-refractivity contribution in [1.82, 2.24) is 0 Å². The minimum Gasteiger partial charge on any atom is -0.469 e. The first-order valence-electron chi connectivity index (χ1n) is 4.52. The van der Waals surface area contributed by atoms with Crippen LogP contribution in [-0.2, 0) is 15.3 Å². The Hall–Kier alpha value is -0.810. The average Bonchev–Trinajstić information content (AvgIpc) is 2.52. The van der Waals surface area contributed by atoms with Gasteiger partial charge in [-0.15, -0.1) is 0 Å². The Morgan fingerprint density at radius 1 is 1.50 bits per heavy atom. The van der Waals surface area contributed by atoms with Gasteiger partial charge in [0.2, 0.25) is 0 Å². The van der Waals surface area contributed by atoms with E-state index in [1.54, 1.807) is 12.3 Å². The van der Waals surface area contributed by atoms with Crippen LogP contribution in [0.3, 0.4) is 0 Å². The molecule has 4 nitrogen and oxygen atoms in total. The van der Waals surface area contributed by atoms with Gasteiger partial charge in [0.25, 0.3) is 0 Å². The van der Waals surface area contributed by atoms with E-state index in [0.717, 1.165) is 5.76 Å². The molecule has 0 bridgehead atoms. The van der Waals surface area contributed by atoms with Gasteiger partial charge in [-0.3, -0.25) is 0 Å². The Balaban J connectivity index is 2.27. The number of sulfone groups is 1. The topological polar surface area (TPSA) is 73.3 Å². The minimum absolute atomic E-state index is 0.171. The monoisotopic (exact) mass is 215 g/mol. The molecule has 2 N–H and O–H groups in total. The highest BCUT2D eigenvalue weighted by molar-refractivity contribution is 7.93. The van der Waals surface area contributed by atoms with Gasteiger partial charge in [-0.1, -0.05) is 0 Å². The van der Waals surface area contributed by atoms with Gasteiger partial charge >= 0.3 is 0 Å². The fourth-order valence-corrected chi connectivity index (χ4v) is 4.24. The van der Waals surface area contributed by atoms with Crippen LogP contribution in [0, 0.1) is 0 Å². The average molecular weight is 215 g/mol. The van der Waals surface area contributed by atoms with Gasteiger partial charge in [0.05, 0.1) is 23.2 Å². The smallest absolute Gasteiger partial charge is 0.152 e. The van der Waals surface area contributed by atoms with E-state index < -0.39 is 9.84 Å². The van der Waals surface area contributed by atoms with Crippen LogP contribution in [0.4, 0.5) is 0 Å². The van der Waals surface area contributed by atoms with Crippen molar-refractivity contribution in [3.63, 3.8) is 0 Å². The van der Waals surface area contributed by atoms with Gasteiger partial charge < -0.3 is 10.2 Å². The van der Waals surface area contributed by atoms with Crippen molar-refractivity contribution >= 4 is 9.84 Å². The Labute approximate surface area is 83.0 Å². The van der Waals surface area contributed by atoms with Crippen LogP contribution >= 0.6 is 0 Å². The molecule has 0 spiro atoms. The maximum atomic E-state index is 11.2. The molecule has 5 heteroatoms. The number of nitrogens with two attached hydrogens (primary N) is 1. The standard InChI is InChI=1S/C9H13NO3S/c10-4-3-9(6-14(11,12)7-9)8-2-1-5-13-8/h1-2,5H,3-4,6-7,10H2. The van der Waals surface area contributed by atoms with Gasteiger partial charge in [-0.05, 0) is 25.1 Å². The largest absolute Gasteiger partial charge is 0.469 e. The van der Waals surface area contributed by atoms with Gasteiger partial charge in [-0.2, -0.15) is 0 Å². The summed E-state index contributed by atoms with van der Waals surface area (Å²) in [6.07, 6.45) is 2.23. The Kier molecular flexibility index (Phi) is 2.16. The van der Waals surface area contributed by atoms with E-state index in [-0.39, 0.29) is 16.9 Å². The summed E-state index contributed by atoms with van der Waals surface area (Å²) in [6.45, 7) is 0.482. The van der Waals surface area contributed by atoms with Crippen molar-refractivity contribution in [2.24, 2.45) is 5.73 Å². The van der Waals surface area contributed by atoms with Crippen LogP contribution in [0.15, 0.2) is 22.8 Å². The van der Waals surface area contributed by atoms with Gasteiger partial charge in [0.15, 0.2) is 9.84 Å². The van der Waals surface area contributed by atoms with E-state index in [1.165, 1.54) is 0 Å². The number of furan rings is 1. The Bertz CT molecular complexity index is 395. The highest BCUT2D eigenvalue weighted by atomic mass is 32.2. The molecule has 1 aromatic heterocycles. The molecule has 2 heterocycles. The van der Waals surface area contributed by atoms with E-state index in [2.05, 4.69) is 0 Å². The summed E-state index contributed by atoms with van der Waals surface area (Å²) in [5, 5.41) is 0. The molecule has 0 aromatic carbocycles. The summed E-state index contributed by atoms with van der Waals surface area (Å²) in [5.41, 5.74) is 5.13.